The van der Waals surface area contributed by atoms with Crippen LogP contribution in [0.4, 0.5) is 26.2 Å². The van der Waals surface area contributed by atoms with Crippen molar-refractivity contribution in [2.75, 3.05) is 50.1 Å². The third kappa shape index (κ3) is 5.98. The Bertz CT molecular complexity index is 1350. The van der Waals surface area contributed by atoms with E-state index in [2.05, 4.69) is 25.0 Å². The SMILES string of the molecule is COCC(C)(C)n1cc(-c2nc(Nc3cc(OC(F)F)ccn3)cc(N3CC4(CCN(C(C)=O)CC4)C3)n2)cn1. The third-order valence-corrected chi connectivity index (χ3v) is 7.53. The van der Waals surface area contributed by atoms with Gasteiger partial charge in [-0.3, -0.25) is 9.48 Å². The first-order valence-corrected chi connectivity index (χ1v) is 13.2. The van der Waals surface area contributed by atoms with Crippen molar-refractivity contribution in [1.82, 2.24) is 29.6 Å². The number of carbonyl (C=O) groups is 1. The van der Waals surface area contributed by atoms with E-state index in [4.69, 9.17) is 14.7 Å². The number of nitrogens with zero attached hydrogens (tertiary/aromatic N) is 7. The molecular weight excluding hydrogens is 522 g/mol. The summed E-state index contributed by atoms with van der Waals surface area (Å²) in [4.78, 5) is 29.7. The molecule has 0 bridgehead atoms. The molecule has 0 radical (unpaired) electrons. The molecule has 2 saturated heterocycles. The molecule has 1 spiro atoms. The lowest BCUT2D eigenvalue weighted by Gasteiger charge is -2.54. The van der Waals surface area contributed by atoms with E-state index in [1.54, 1.807) is 20.2 Å². The van der Waals surface area contributed by atoms with E-state index in [1.807, 2.05) is 35.7 Å². The van der Waals surface area contributed by atoms with Gasteiger partial charge in [-0.15, -0.1) is 0 Å². The smallest absolute Gasteiger partial charge is 0.387 e. The van der Waals surface area contributed by atoms with Crippen molar-refractivity contribution in [2.24, 2.45) is 5.41 Å². The zero-order valence-electron chi connectivity index (χ0n) is 23.1. The zero-order valence-corrected chi connectivity index (χ0v) is 23.1. The van der Waals surface area contributed by atoms with E-state index in [9.17, 15) is 13.6 Å². The molecule has 5 rings (SSSR count). The van der Waals surface area contributed by atoms with Crippen LogP contribution in [0.1, 0.15) is 33.6 Å². The maximum Gasteiger partial charge on any atom is 0.387 e. The number of rotatable bonds is 9. The van der Waals surface area contributed by atoms with Crippen LogP contribution in [0.5, 0.6) is 5.75 Å². The fourth-order valence-electron chi connectivity index (χ4n) is 5.30. The van der Waals surface area contributed by atoms with Crippen LogP contribution >= 0.6 is 0 Å². The molecule has 214 valence electrons. The summed E-state index contributed by atoms with van der Waals surface area (Å²) >= 11 is 0. The van der Waals surface area contributed by atoms with Crippen LogP contribution in [0.2, 0.25) is 0 Å². The van der Waals surface area contributed by atoms with Gasteiger partial charge >= 0.3 is 6.61 Å². The molecule has 3 aromatic heterocycles. The minimum atomic E-state index is -2.94. The first kappa shape index (κ1) is 27.7. The molecule has 1 N–H and O–H groups in total. The second-order valence-electron chi connectivity index (χ2n) is 11.1. The van der Waals surface area contributed by atoms with E-state index in [1.165, 1.54) is 18.3 Å². The molecule has 2 aliphatic rings. The van der Waals surface area contributed by atoms with E-state index in [0.717, 1.165) is 50.4 Å². The van der Waals surface area contributed by atoms with Crippen molar-refractivity contribution in [1.29, 1.82) is 0 Å². The summed E-state index contributed by atoms with van der Waals surface area (Å²) in [5.74, 6) is 2.07. The third-order valence-electron chi connectivity index (χ3n) is 7.53. The number of piperidine rings is 1. The number of ether oxygens (including phenoxy) is 2. The summed E-state index contributed by atoms with van der Waals surface area (Å²) in [5.41, 5.74) is 0.503. The number of alkyl halides is 2. The van der Waals surface area contributed by atoms with Crippen LogP contribution in [-0.2, 0) is 15.1 Å². The van der Waals surface area contributed by atoms with Crippen LogP contribution in [0.3, 0.4) is 0 Å². The van der Waals surface area contributed by atoms with Crippen LogP contribution in [-0.4, -0.2) is 82.0 Å². The van der Waals surface area contributed by atoms with Crippen molar-refractivity contribution in [3.63, 3.8) is 0 Å². The van der Waals surface area contributed by atoms with Crippen molar-refractivity contribution >= 4 is 23.4 Å². The van der Waals surface area contributed by atoms with Crippen molar-refractivity contribution < 1.29 is 23.0 Å². The predicted octanol–water partition coefficient (Wildman–Crippen LogP) is 3.91. The largest absolute Gasteiger partial charge is 0.435 e. The molecule has 2 aliphatic heterocycles. The summed E-state index contributed by atoms with van der Waals surface area (Å²) < 4.78 is 37.1. The molecule has 5 heterocycles. The highest BCUT2D eigenvalue weighted by Gasteiger charge is 2.45. The summed E-state index contributed by atoms with van der Waals surface area (Å²) in [6.07, 6.45) is 6.89. The minimum Gasteiger partial charge on any atom is -0.435 e. The number of halogens is 2. The summed E-state index contributed by atoms with van der Waals surface area (Å²) in [5, 5.41) is 7.64. The summed E-state index contributed by atoms with van der Waals surface area (Å²) in [6, 6.07) is 4.57. The van der Waals surface area contributed by atoms with E-state index < -0.39 is 6.61 Å². The van der Waals surface area contributed by atoms with Gasteiger partial charge in [0.15, 0.2) is 5.82 Å². The minimum absolute atomic E-state index is 0.00904. The fourth-order valence-corrected chi connectivity index (χ4v) is 5.30. The zero-order chi connectivity index (χ0) is 28.5. The average molecular weight is 557 g/mol. The molecule has 40 heavy (non-hydrogen) atoms. The highest BCUT2D eigenvalue weighted by atomic mass is 19.3. The lowest BCUT2D eigenvalue weighted by atomic mass is 9.72. The Kier molecular flexibility index (Phi) is 7.58. The molecule has 0 saturated carbocycles. The number of pyridine rings is 1. The van der Waals surface area contributed by atoms with Crippen LogP contribution in [0.15, 0.2) is 36.8 Å². The molecule has 11 nitrogen and oxygen atoms in total. The first-order chi connectivity index (χ1) is 19.1. The summed E-state index contributed by atoms with van der Waals surface area (Å²) in [6.45, 7) is 6.38. The molecule has 0 unspecified atom stereocenters. The molecular formula is C27H34F2N8O3. The van der Waals surface area contributed by atoms with Gasteiger partial charge in [0, 0.05) is 70.2 Å². The van der Waals surface area contributed by atoms with Gasteiger partial charge in [0.2, 0.25) is 5.91 Å². The van der Waals surface area contributed by atoms with Crippen LogP contribution in [0.25, 0.3) is 11.4 Å². The number of amides is 1. The quantitative estimate of drug-likeness (QED) is 0.419. The number of hydrogen-bond acceptors (Lipinski definition) is 9. The Morgan fingerprint density at radius 3 is 2.60 bits per heavy atom. The Morgan fingerprint density at radius 2 is 1.93 bits per heavy atom. The molecule has 3 aromatic rings. The van der Waals surface area contributed by atoms with E-state index in [0.29, 0.717) is 24.1 Å². The van der Waals surface area contributed by atoms with Gasteiger partial charge in [0.1, 0.15) is 23.2 Å². The molecule has 0 aromatic carbocycles. The van der Waals surface area contributed by atoms with Gasteiger partial charge in [0.25, 0.3) is 0 Å². The number of nitrogens with one attached hydrogen (secondary N) is 1. The maximum atomic E-state index is 12.7. The van der Waals surface area contributed by atoms with Gasteiger partial charge < -0.3 is 24.6 Å². The van der Waals surface area contributed by atoms with Gasteiger partial charge in [-0.25, -0.2) is 15.0 Å². The molecule has 0 atom stereocenters. The second kappa shape index (κ2) is 11.0. The van der Waals surface area contributed by atoms with Gasteiger partial charge in [-0.05, 0) is 32.8 Å². The van der Waals surface area contributed by atoms with Crippen molar-refractivity contribution in [3.05, 3.63) is 36.8 Å². The summed E-state index contributed by atoms with van der Waals surface area (Å²) in [7, 11) is 1.65. The Balaban J connectivity index is 1.42. The predicted molar refractivity (Wildman–Crippen MR) is 145 cm³/mol. The first-order valence-electron chi connectivity index (χ1n) is 13.2. The van der Waals surface area contributed by atoms with Gasteiger partial charge in [0.05, 0.1) is 23.9 Å². The van der Waals surface area contributed by atoms with Crippen molar-refractivity contribution in [3.8, 4) is 17.1 Å². The number of carbonyl (C=O) groups excluding carboxylic acids is 1. The van der Waals surface area contributed by atoms with Crippen LogP contribution < -0.4 is 15.0 Å². The van der Waals surface area contributed by atoms with E-state index in [-0.39, 0.29) is 22.6 Å². The molecule has 1 amide bonds. The molecule has 2 fully saturated rings. The standard InChI is InChI=1S/C27H34F2N8O3/c1-18(38)35-9-6-27(7-10-35)15-36(16-27)23-12-22(32-21-11-20(5-8-30-21)40-25(28)29)33-24(34-23)19-13-31-37(14-19)26(2,3)17-39-4/h5,8,11-14,25H,6-7,9-10,15-17H2,1-4H3,(H,30,32,33,34). The van der Waals surface area contributed by atoms with Crippen LogP contribution in [0, 0.1) is 5.41 Å². The Morgan fingerprint density at radius 1 is 1.18 bits per heavy atom. The normalized spacial score (nSPS) is 16.8. The van der Waals surface area contributed by atoms with Crippen molar-refractivity contribution in [2.45, 2.75) is 45.8 Å². The highest BCUT2D eigenvalue weighted by molar-refractivity contribution is 5.73. The second-order valence-corrected chi connectivity index (χ2v) is 11.1. The number of hydrogen-bond donors (Lipinski definition) is 1. The fraction of sp³-hybridized carbons (Fsp3) is 0.519. The lowest BCUT2D eigenvalue weighted by molar-refractivity contribution is -0.131. The molecule has 0 aliphatic carbocycles. The maximum absolute atomic E-state index is 12.7. The Hall–Kier alpha value is -3.87. The number of aromatic nitrogens is 5. The molecule has 13 heteroatoms. The van der Waals surface area contributed by atoms with E-state index >= 15 is 0 Å². The van der Waals surface area contributed by atoms with Gasteiger partial charge in [-0.1, -0.05) is 0 Å². The number of likely N-dealkylation sites (tertiary alicyclic amines) is 1. The number of anilines is 3. The topological polar surface area (TPSA) is 111 Å². The lowest BCUT2D eigenvalue weighted by Crippen LogP contribution is -2.61. The number of methoxy groups -OCH3 is 1. The highest BCUT2D eigenvalue weighted by Crippen LogP contribution is 2.43. The average Bonchev–Trinajstić information content (AvgIpc) is 3.39. The van der Waals surface area contributed by atoms with Gasteiger partial charge in [-0.2, -0.15) is 13.9 Å². The Labute approximate surface area is 231 Å². The monoisotopic (exact) mass is 556 g/mol.